The summed E-state index contributed by atoms with van der Waals surface area (Å²) >= 11 is 0. The molecule has 2 heteroatoms. The smallest absolute Gasteiger partial charge is 0.00671 e. The second-order valence-corrected chi connectivity index (χ2v) is 5.67. The van der Waals surface area contributed by atoms with Gasteiger partial charge in [-0.15, -0.1) is 0 Å². The van der Waals surface area contributed by atoms with Crippen LogP contribution in [0.15, 0.2) is 0 Å². The molecule has 1 aliphatic heterocycles. The van der Waals surface area contributed by atoms with Crippen molar-refractivity contribution in [2.45, 2.75) is 57.9 Å². The molecule has 0 aromatic rings. The predicted molar refractivity (Wildman–Crippen MR) is 69.7 cm³/mol. The largest absolute Gasteiger partial charge is 0.314 e. The van der Waals surface area contributed by atoms with Crippen molar-refractivity contribution in [3.63, 3.8) is 0 Å². The van der Waals surface area contributed by atoms with E-state index < -0.39 is 0 Å². The molecule has 0 bridgehead atoms. The lowest BCUT2D eigenvalue weighted by atomic mass is 9.96. The molecule has 2 nitrogen and oxygen atoms in total. The molecule has 0 radical (unpaired) electrons. The Kier molecular flexibility index (Phi) is 5.11. The van der Waals surface area contributed by atoms with Gasteiger partial charge >= 0.3 is 0 Å². The number of piperidine rings is 1. The molecule has 0 atom stereocenters. The van der Waals surface area contributed by atoms with Crippen LogP contribution in [0.5, 0.6) is 0 Å². The molecule has 16 heavy (non-hydrogen) atoms. The second kappa shape index (κ2) is 6.61. The van der Waals surface area contributed by atoms with Crippen molar-refractivity contribution >= 4 is 0 Å². The first-order chi connectivity index (χ1) is 7.88. The molecule has 1 saturated heterocycles. The molecule has 2 fully saturated rings. The van der Waals surface area contributed by atoms with Gasteiger partial charge in [-0.05, 0) is 64.2 Å². The fourth-order valence-electron chi connectivity index (χ4n) is 3.19. The standard InChI is InChI=1S/C14H28N2/c1-2-9-16-10-7-13(8-11-16)12-15-14-5-3-4-6-14/h13-15H,2-12H2,1H3. The van der Waals surface area contributed by atoms with Gasteiger partial charge in [0.25, 0.3) is 0 Å². The fourth-order valence-corrected chi connectivity index (χ4v) is 3.19. The molecule has 94 valence electrons. The fraction of sp³-hybridized carbons (Fsp3) is 1.00. The molecule has 1 aliphatic carbocycles. The summed E-state index contributed by atoms with van der Waals surface area (Å²) in [6.07, 6.45) is 9.90. The quantitative estimate of drug-likeness (QED) is 0.772. The molecule has 0 aromatic heterocycles. The average molecular weight is 224 g/mol. The van der Waals surface area contributed by atoms with Gasteiger partial charge in [0.1, 0.15) is 0 Å². The van der Waals surface area contributed by atoms with Gasteiger partial charge in [0, 0.05) is 6.04 Å². The van der Waals surface area contributed by atoms with Crippen molar-refractivity contribution in [2.24, 2.45) is 5.92 Å². The van der Waals surface area contributed by atoms with E-state index >= 15 is 0 Å². The van der Waals surface area contributed by atoms with Crippen LogP contribution < -0.4 is 5.32 Å². The molecule has 1 N–H and O–H groups in total. The van der Waals surface area contributed by atoms with Crippen molar-refractivity contribution in [2.75, 3.05) is 26.2 Å². The number of nitrogens with zero attached hydrogens (tertiary/aromatic N) is 1. The predicted octanol–water partition coefficient (Wildman–Crippen LogP) is 2.64. The summed E-state index contributed by atoms with van der Waals surface area (Å²) in [5.74, 6) is 0.953. The van der Waals surface area contributed by atoms with Gasteiger partial charge < -0.3 is 10.2 Å². The average Bonchev–Trinajstić information content (AvgIpc) is 2.82. The SMILES string of the molecule is CCCN1CCC(CNC2CCCC2)CC1. The van der Waals surface area contributed by atoms with Gasteiger partial charge in [-0.3, -0.25) is 0 Å². The molecular formula is C14H28N2. The van der Waals surface area contributed by atoms with Crippen LogP contribution in [0.2, 0.25) is 0 Å². The number of hydrogen-bond acceptors (Lipinski definition) is 2. The first-order valence-corrected chi connectivity index (χ1v) is 7.34. The zero-order valence-electron chi connectivity index (χ0n) is 10.9. The Bertz CT molecular complexity index is 179. The Morgan fingerprint density at radius 2 is 1.75 bits per heavy atom. The van der Waals surface area contributed by atoms with E-state index in [2.05, 4.69) is 17.1 Å². The van der Waals surface area contributed by atoms with Gasteiger partial charge in [0.15, 0.2) is 0 Å². The van der Waals surface area contributed by atoms with Crippen LogP contribution in [-0.4, -0.2) is 37.1 Å². The van der Waals surface area contributed by atoms with Crippen LogP contribution in [0, 0.1) is 5.92 Å². The molecule has 0 aromatic carbocycles. The van der Waals surface area contributed by atoms with E-state index in [4.69, 9.17) is 0 Å². The van der Waals surface area contributed by atoms with E-state index in [0.717, 1.165) is 12.0 Å². The van der Waals surface area contributed by atoms with E-state index in [0.29, 0.717) is 0 Å². The van der Waals surface area contributed by atoms with Crippen LogP contribution in [0.1, 0.15) is 51.9 Å². The molecule has 0 amide bonds. The maximum absolute atomic E-state index is 3.78. The monoisotopic (exact) mass is 224 g/mol. The summed E-state index contributed by atoms with van der Waals surface area (Å²) in [5.41, 5.74) is 0. The Morgan fingerprint density at radius 1 is 1.06 bits per heavy atom. The van der Waals surface area contributed by atoms with E-state index in [9.17, 15) is 0 Å². The summed E-state index contributed by atoms with van der Waals surface area (Å²) in [7, 11) is 0. The van der Waals surface area contributed by atoms with Crippen molar-refractivity contribution < 1.29 is 0 Å². The van der Waals surface area contributed by atoms with Crippen molar-refractivity contribution in [1.29, 1.82) is 0 Å². The molecular weight excluding hydrogens is 196 g/mol. The normalized spacial score (nSPS) is 25.3. The number of rotatable bonds is 5. The minimum atomic E-state index is 0.855. The molecule has 1 saturated carbocycles. The third-order valence-electron chi connectivity index (χ3n) is 4.30. The molecule has 0 unspecified atom stereocenters. The zero-order valence-corrected chi connectivity index (χ0v) is 10.9. The van der Waals surface area contributed by atoms with Crippen LogP contribution in [0.3, 0.4) is 0 Å². The topological polar surface area (TPSA) is 15.3 Å². The highest BCUT2D eigenvalue weighted by atomic mass is 15.1. The molecule has 2 rings (SSSR count). The highest BCUT2D eigenvalue weighted by Crippen LogP contribution is 2.20. The Labute approximate surface area is 101 Å². The highest BCUT2D eigenvalue weighted by molar-refractivity contribution is 4.78. The second-order valence-electron chi connectivity index (χ2n) is 5.67. The van der Waals surface area contributed by atoms with Crippen molar-refractivity contribution in [1.82, 2.24) is 10.2 Å². The first-order valence-electron chi connectivity index (χ1n) is 7.34. The zero-order chi connectivity index (χ0) is 11.2. The van der Waals surface area contributed by atoms with Crippen LogP contribution in [0.25, 0.3) is 0 Å². The Morgan fingerprint density at radius 3 is 2.38 bits per heavy atom. The molecule has 2 aliphatic rings. The van der Waals surface area contributed by atoms with Gasteiger partial charge in [-0.25, -0.2) is 0 Å². The van der Waals surface area contributed by atoms with Crippen molar-refractivity contribution in [3.8, 4) is 0 Å². The summed E-state index contributed by atoms with van der Waals surface area (Å²) in [4.78, 5) is 2.63. The maximum atomic E-state index is 3.78. The van der Waals surface area contributed by atoms with E-state index in [-0.39, 0.29) is 0 Å². The lowest BCUT2D eigenvalue weighted by molar-refractivity contribution is 0.180. The first kappa shape index (κ1) is 12.4. The molecule has 1 heterocycles. The van der Waals surface area contributed by atoms with Crippen LogP contribution in [-0.2, 0) is 0 Å². The third-order valence-corrected chi connectivity index (χ3v) is 4.30. The van der Waals surface area contributed by atoms with E-state index in [1.807, 2.05) is 0 Å². The molecule has 0 spiro atoms. The highest BCUT2D eigenvalue weighted by Gasteiger charge is 2.20. The number of likely N-dealkylation sites (tertiary alicyclic amines) is 1. The summed E-state index contributed by atoms with van der Waals surface area (Å²) in [5, 5.41) is 3.78. The minimum absolute atomic E-state index is 0.855. The number of nitrogens with one attached hydrogen (secondary N) is 1. The van der Waals surface area contributed by atoms with Crippen LogP contribution >= 0.6 is 0 Å². The summed E-state index contributed by atoms with van der Waals surface area (Å²) in [6, 6.07) is 0.855. The lowest BCUT2D eigenvalue weighted by Crippen LogP contribution is -2.39. The number of hydrogen-bond donors (Lipinski definition) is 1. The van der Waals surface area contributed by atoms with E-state index in [1.54, 1.807) is 0 Å². The van der Waals surface area contributed by atoms with Gasteiger partial charge in [-0.1, -0.05) is 19.8 Å². The Balaban J connectivity index is 1.57. The Hall–Kier alpha value is -0.0800. The minimum Gasteiger partial charge on any atom is -0.314 e. The van der Waals surface area contributed by atoms with Gasteiger partial charge in [0.05, 0.1) is 0 Å². The third kappa shape index (κ3) is 3.74. The van der Waals surface area contributed by atoms with Crippen LogP contribution in [0.4, 0.5) is 0 Å². The van der Waals surface area contributed by atoms with E-state index in [1.165, 1.54) is 71.1 Å². The summed E-state index contributed by atoms with van der Waals surface area (Å²) < 4.78 is 0. The van der Waals surface area contributed by atoms with Crippen molar-refractivity contribution in [3.05, 3.63) is 0 Å². The summed E-state index contributed by atoms with van der Waals surface area (Å²) in [6.45, 7) is 7.55. The lowest BCUT2D eigenvalue weighted by Gasteiger charge is -2.32. The maximum Gasteiger partial charge on any atom is 0.00671 e. The van der Waals surface area contributed by atoms with Gasteiger partial charge in [0.2, 0.25) is 0 Å². The van der Waals surface area contributed by atoms with Gasteiger partial charge in [-0.2, -0.15) is 0 Å².